The lowest BCUT2D eigenvalue weighted by molar-refractivity contribution is 0.0276. The fourth-order valence-corrected chi connectivity index (χ4v) is 0.987. The summed E-state index contributed by atoms with van der Waals surface area (Å²) in [5, 5.41) is 0. The van der Waals surface area contributed by atoms with Crippen molar-refractivity contribution in [2.45, 2.75) is 19.4 Å². The molecule has 0 atom stereocenters. The second kappa shape index (κ2) is 3.51. The molecule has 0 aliphatic carbocycles. The number of hydrogen-bond donors (Lipinski definition) is 1. The Balaban J connectivity index is 3.90. The van der Waals surface area contributed by atoms with Crippen LogP contribution in [0.2, 0.25) is 0 Å². The van der Waals surface area contributed by atoms with Crippen LogP contribution in [0.25, 0.3) is 0 Å². The smallest absolute Gasteiger partial charge is 0.208 e. The third-order valence-corrected chi connectivity index (χ3v) is 1.98. The van der Waals surface area contributed by atoms with Gasteiger partial charge in [-0.05, 0) is 13.8 Å². The first-order chi connectivity index (χ1) is 4.77. The fraction of sp³-hybridized carbons (Fsp3) is 1.00. The molecule has 0 aromatic heterocycles. The van der Waals surface area contributed by atoms with Gasteiger partial charge in [0.15, 0.2) is 0 Å². The van der Waals surface area contributed by atoms with Crippen molar-refractivity contribution >= 4 is 10.0 Å². The number of nitrogens with one attached hydrogen (secondary N) is 1. The molecule has 0 unspecified atom stereocenters. The van der Waals surface area contributed by atoms with Crippen molar-refractivity contribution in [2.75, 3.05) is 19.9 Å². The zero-order chi connectivity index (χ0) is 9.12. The molecule has 0 rings (SSSR count). The van der Waals surface area contributed by atoms with Crippen LogP contribution in [0.15, 0.2) is 0 Å². The van der Waals surface area contributed by atoms with Gasteiger partial charge in [0.1, 0.15) is 0 Å². The van der Waals surface area contributed by atoms with Gasteiger partial charge in [-0.25, -0.2) is 13.1 Å². The first kappa shape index (κ1) is 10.9. The summed E-state index contributed by atoms with van der Waals surface area (Å²) in [5.74, 6) is 0. The lowest BCUT2D eigenvalue weighted by atomic mass is 10.1. The molecule has 1 N–H and O–H groups in total. The molecule has 0 aliphatic heterocycles. The second-order valence-corrected chi connectivity index (χ2v) is 4.89. The topological polar surface area (TPSA) is 55.4 Å². The van der Waals surface area contributed by atoms with E-state index < -0.39 is 15.6 Å². The van der Waals surface area contributed by atoms with Gasteiger partial charge < -0.3 is 4.74 Å². The van der Waals surface area contributed by atoms with Crippen LogP contribution in [0.3, 0.4) is 0 Å². The molecule has 0 radical (unpaired) electrons. The summed E-state index contributed by atoms with van der Waals surface area (Å²) >= 11 is 0. The number of sulfonamides is 1. The van der Waals surface area contributed by atoms with Crippen LogP contribution >= 0.6 is 0 Å². The Bertz CT molecular complexity index is 208. The minimum absolute atomic E-state index is 0.294. The fourth-order valence-electron chi connectivity index (χ4n) is 0.377. The molecule has 11 heavy (non-hydrogen) atoms. The van der Waals surface area contributed by atoms with Crippen LogP contribution in [-0.4, -0.2) is 33.9 Å². The molecular weight excluding hydrogens is 166 g/mol. The lowest BCUT2D eigenvalue weighted by Gasteiger charge is -2.22. The maximum Gasteiger partial charge on any atom is 0.208 e. The molecule has 0 aromatic rings. The van der Waals surface area contributed by atoms with E-state index in [-0.39, 0.29) is 0 Å². The van der Waals surface area contributed by atoms with E-state index in [9.17, 15) is 8.42 Å². The van der Waals surface area contributed by atoms with Crippen LogP contribution in [-0.2, 0) is 14.8 Å². The number of ether oxygens (including phenoxy) is 1. The van der Waals surface area contributed by atoms with Gasteiger partial charge in [0, 0.05) is 13.7 Å². The van der Waals surface area contributed by atoms with Crippen LogP contribution in [0.5, 0.6) is 0 Å². The highest BCUT2D eigenvalue weighted by atomic mass is 32.2. The summed E-state index contributed by atoms with van der Waals surface area (Å²) in [7, 11) is -1.55. The van der Waals surface area contributed by atoms with E-state index >= 15 is 0 Å². The van der Waals surface area contributed by atoms with E-state index in [1.54, 1.807) is 7.11 Å². The van der Waals surface area contributed by atoms with Gasteiger partial charge in [-0.1, -0.05) is 0 Å². The molecule has 0 amide bonds. The SMILES string of the molecule is COC(C)(C)CNS(C)(=O)=O. The first-order valence-corrected chi connectivity index (χ1v) is 5.16. The third-order valence-electron chi connectivity index (χ3n) is 1.31. The Morgan fingerprint density at radius 3 is 2.18 bits per heavy atom. The molecule has 0 aliphatic rings. The van der Waals surface area contributed by atoms with Crippen LogP contribution in [0.4, 0.5) is 0 Å². The first-order valence-electron chi connectivity index (χ1n) is 3.27. The predicted molar refractivity (Wildman–Crippen MR) is 43.9 cm³/mol. The molecule has 68 valence electrons. The summed E-state index contributed by atoms with van der Waals surface area (Å²) in [6.07, 6.45) is 1.12. The second-order valence-electron chi connectivity index (χ2n) is 3.06. The zero-order valence-electron chi connectivity index (χ0n) is 7.34. The highest BCUT2D eigenvalue weighted by Gasteiger charge is 2.17. The molecule has 0 bridgehead atoms. The van der Waals surface area contributed by atoms with Crippen molar-refractivity contribution in [1.82, 2.24) is 4.72 Å². The van der Waals surface area contributed by atoms with Crippen LogP contribution in [0, 0.1) is 0 Å². The average Bonchev–Trinajstić information content (AvgIpc) is 1.83. The average molecular weight is 181 g/mol. The van der Waals surface area contributed by atoms with E-state index in [0.29, 0.717) is 6.54 Å². The van der Waals surface area contributed by atoms with Gasteiger partial charge in [0.25, 0.3) is 0 Å². The van der Waals surface area contributed by atoms with Crippen molar-refractivity contribution in [2.24, 2.45) is 0 Å². The largest absolute Gasteiger partial charge is 0.377 e. The Labute approximate surface area is 68.0 Å². The minimum atomic E-state index is -3.10. The van der Waals surface area contributed by atoms with Crippen molar-refractivity contribution in [3.63, 3.8) is 0 Å². The maximum atomic E-state index is 10.6. The molecule has 0 fully saturated rings. The van der Waals surface area contributed by atoms with Crippen LogP contribution < -0.4 is 4.72 Å². The molecule has 5 heteroatoms. The predicted octanol–water partition coefficient (Wildman–Crippen LogP) is -0.0394. The van der Waals surface area contributed by atoms with Gasteiger partial charge in [-0.2, -0.15) is 0 Å². The Morgan fingerprint density at radius 1 is 1.45 bits per heavy atom. The lowest BCUT2D eigenvalue weighted by Crippen LogP contribution is -2.39. The molecule has 0 saturated carbocycles. The monoisotopic (exact) mass is 181 g/mol. The van der Waals surface area contributed by atoms with Crippen molar-refractivity contribution < 1.29 is 13.2 Å². The van der Waals surface area contributed by atoms with Crippen molar-refractivity contribution in [3.8, 4) is 0 Å². The molecule has 0 heterocycles. The van der Waals surface area contributed by atoms with E-state index in [1.807, 2.05) is 13.8 Å². The Morgan fingerprint density at radius 2 is 1.91 bits per heavy atom. The maximum absolute atomic E-state index is 10.6. The minimum Gasteiger partial charge on any atom is -0.377 e. The van der Waals surface area contributed by atoms with Gasteiger partial charge in [0.2, 0.25) is 10.0 Å². The van der Waals surface area contributed by atoms with E-state index in [1.165, 1.54) is 0 Å². The summed E-state index contributed by atoms with van der Waals surface area (Å²) in [6, 6.07) is 0. The number of methoxy groups -OCH3 is 1. The van der Waals surface area contributed by atoms with Gasteiger partial charge >= 0.3 is 0 Å². The quantitative estimate of drug-likeness (QED) is 0.662. The highest BCUT2D eigenvalue weighted by molar-refractivity contribution is 7.88. The molecule has 4 nitrogen and oxygen atoms in total. The van der Waals surface area contributed by atoms with E-state index in [4.69, 9.17) is 4.74 Å². The number of hydrogen-bond acceptors (Lipinski definition) is 3. The van der Waals surface area contributed by atoms with Gasteiger partial charge in [-0.3, -0.25) is 0 Å². The van der Waals surface area contributed by atoms with E-state index in [2.05, 4.69) is 4.72 Å². The standard InChI is InChI=1S/C6H15NO3S/c1-6(2,10-3)5-7-11(4,8)9/h7H,5H2,1-4H3. The molecule has 0 aromatic carbocycles. The summed E-state index contributed by atoms with van der Waals surface area (Å²) in [5.41, 5.74) is -0.441. The molecule has 0 saturated heterocycles. The summed E-state index contributed by atoms with van der Waals surface area (Å²) < 4.78 is 28.6. The van der Waals surface area contributed by atoms with Gasteiger partial charge in [0.05, 0.1) is 11.9 Å². The number of rotatable bonds is 4. The molecular formula is C6H15NO3S. The van der Waals surface area contributed by atoms with Crippen molar-refractivity contribution in [3.05, 3.63) is 0 Å². The normalized spacial score (nSPS) is 13.5. The summed E-state index contributed by atoms with van der Waals surface area (Å²) in [4.78, 5) is 0. The highest BCUT2D eigenvalue weighted by Crippen LogP contribution is 2.04. The Kier molecular flexibility index (Phi) is 3.47. The summed E-state index contributed by atoms with van der Waals surface area (Å²) in [6.45, 7) is 3.92. The van der Waals surface area contributed by atoms with Gasteiger partial charge in [-0.15, -0.1) is 0 Å². The Hall–Kier alpha value is -0.130. The van der Waals surface area contributed by atoms with E-state index in [0.717, 1.165) is 6.26 Å². The third kappa shape index (κ3) is 6.28. The molecule has 0 spiro atoms. The van der Waals surface area contributed by atoms with Crippen LogP contribution in [0.1, 0.15) is 13.8 Å². The van der Waals surface area contributed by atoms with Crippen molar-refractivity contribution in [1.29, 1.82) is 0 Å². The zero-order valence-corrected chi connectivity index (χ0v) is 8.16.